The Balaban J connectivity index is 1.95. The number of fused-ring (bicyclic) bond motifs is 1. The van der Waals surface area contributed by atoms with Crippen LogP contribution in [0.1, 0.15) is 26.3 Å². The molecule has 1 aromatic carbocycles. The van der Waals surface area contributed by atoms with Gasteiger partial charge in [-0.3, -0.25) is 4.79 Å². The van der Waals surface area contributed by atoms with Crippen molar-refractivity contribution in [1.82, 2.24) is 0 Å². The van der Waals surface area contributed by atoms with Crippen LogP contribution in [0.4, 0.5) is 10.5 Å². The summed E-state index contributed by atoms with van der Waals surface area (Å²) < 4.78 is 27.6. The molecule has 4 atom stereocenters. The molecular formula is C21H26N2O9. The summed E-state index contributed by atoms with van der Waals surface area (Å²) in [7, 11) is 1.39. The van der Waals surface area contributed by atoms with Gasteiger partial charge in [-0.2, -0.15) is 0 Å². The molecule has 1 fully saturated rings. The highest BCUT2D eigenvalue weighted by Gasteiger charge is 2.53. The van der Waals surface area contributed by atoms with Crippen LogP contribution in [0.3, 0.4) is 0 Å². The van der Waals surface area contributed by atoms with E-state index in [0.717, 1.165) is 0 Å². The minimum absolute atomic E-state index is 0.0166. The molecule has 1 aliphatic heterocycles. The summed E-state index contributed by atoms with van der Waals surface area (Å²) in [5.41, 5.74) is 4.14. The minimum atomic E-state index is -1.43. The second-order valence-electron chi connectivity index (χ2n) is 7.99. The predicted octanol–water partition coefficient (Wildman–Crippen LogP) is 1.41. The molecule has 0 radical (unpaired) electrons. The lowest BCUT2D eigenvalue weighted by Gasteiger charge is -2.47. The number of anilines is 1. The highest BCUT2D eigenvalue weighted by Crippen LogP contribution is 2.36. The number of aliphatic hydroxyl groups is 1. The Kier molecular flexibility index (Phi) is 6.44. The van der Waals surface area contributed by atoms with E-state index < -0.39 is 47.8 Å². The fourth-order valence-corrected chi connectivity index (χ4v) is 3.78. The van der Waals surface area contributed by atoms with Crippen molar-refractivity contribution in [3.8, 4) is 5.75 Å². The summed E-state index contributed by atoms with van der Waals surface area (Å²) in [5.74, 6) is -0.136. The van der Waals surface area contributed by atoms with Gasteiger partial charge >= 0.3 is 11.7 Å². The molecule has 0 spiro atoms. The van der Waals surface area contributed by atoms with Gasteiger partial charge < -0.3 is 39.5 Å². The Bertz CT molecular complexity index is 1090. The highest BCUT2D eigenvalue weighted by molar-refractivity contribution is 5.91. The van der Waals surface area contributed by atoms with Crippen LogP contribution in [-0.4, -0.2) is 54.4 Å². The van der Waals surface area contributed by atoms with E-state index in [1.807, 2.05) is 0 Å². The molecule has 1 aromatic heterocycles. The molecule has 32 heavy (non-hydrogen) atoms. The van der Waals surface area contributed by atoms with E-state index in [1.54, 1.807) is 32.9 Å². The lowest BCUT2D eigenvalue weighted by molar-refractivity contribution is -0.304. The summed E-state index contributed by atoms with van der Waals surface area (Å²) in [6.45, 7) is 6.33. The number of hydrogen-bond donors (Lipinski definition) is 3. The van der Waals surface area contributed by atoms with Crippen LogP contribution in [0.5, 0.6) is 5.75 Å². The van der Waals surface area contributed by atoms with Crippen molar-refractivity contribution in [2.75, 3.05) is 12.4 Å². The van der Waals surface area contributed by atoms with Gasteiger partial charge in [-0.1, -0.05) is 0 Å². The van der Waals surface area contributed by atoms with Gasteiger partial charge in [0.05, 0.1) is 5.60 Å². The molecule has 0 bridgehead atoms. The lowest BCUT2D eigenvalue weighted by atomic mass is 9.89. The first-order chi connectivity index (χ1) is 14.9. The summed E-state index contributed by atoms with van der Waals surface area (Å²) in [6, 6.07) is 4.72. The Morgan fingerprint density at radius 2 is 1.97 bits per heavy atom. The Labute approximate surface area is 183 Å². The zero-order chi connectivity index (χ0) is 23.8. The van der Waals surface area contributed by atoms with Crippen LogP contribution in [0, 0.1) is 6.92 Å². The maximum atomic E-state index is 12.2. The molecule has 1 saturated heterocycles. The largest absolute Gasteiger partial charge is 0.462 e. The number of amides is 2. The number of primary amides is 1. The van der Waals surface area contributed by atoms with Gasteiger partial charge in [-0.25, -0.2) is 9.59 Å². The van der Waals surface area contributed by atoms with Gasteiger partial charge in [0.1, 0.15) is 23.1 Å². The second-order valence-corrected chi connectivity index (χ2v) is 7.99. The molecule has 2 heterocycles. The van der Waals surface area contributed by atoms with E-state index >= 15 is 0 Å². The monoisotopic (exact) mass is 450 g/mol. The summed E-state index contributed by atoms with van der Waals surface area (Å²) in [4.78, 5) is 34.8. The third kappa shape index (κ3) is 4.54. The molecule has 11 nitrogen and oxygen atoms in total. The maximum absolute atomic E-state index is 12.2. The minimum Gasteiger partial charge on any atom is -0.462 e. The number of nitrogens with one attached hydrogen (secondary N) is 1. The quantitative estimate of drug-likeness (QED) is 0.572. The Morgan fingerprint density at radius 3 is 2.56 bits per heavy atom. The van der Waals surface area contributed by atoms with Crippen molar-refractivity contribution in [3.05, 3.63) is 34.2 Å². The van der Waals surface area contributed by atoms with Crippen molar-refractivity contribution in [3.63, 3.8) is 0 Å². The van der Waals surface area contributed by atoms with Crippen molar-refractivity contribution >= 4 is 28.7 Å². The summed E-state index contributed by atoms with van der Waals surface area (Å²) in [6.07, 6.45) is -5.71. The van der Waals surface area contributed by atoms with Gasteiger partial charge in [0.2, 0.25) is 12.2 Å². The van der Waals surface area contributed by atoms with Gasteiger partial charge in [-0.05, 0) is 39.0 Å². The van der Waals surface area contributed by atoms with E-state index in [-0.39, 0.29) is 17.0 Å². The van der Waals surface area contributed by atoms with E-state index in [0.29, 0.717) is 10.9 Å². The third-order valence-electron chi connectivity index (χ3n) is 5.18. The van der Waals surface area contributed by atoms with Crippen molar-refractivity contribution in [1.29, 1.82) is 0 Å². The highest BCUT2D eigenvalue weighted by atomic mass is 16.7. The number of aliphatic hydroxyl groups excluding tert-OH is 1. The number of carbonyl (C=O) groups excluding carboxylic acids is 2. The van der Waals surface area contributed by atoms with Gasteiger partial charge in [0, 0.05) is 25.0 Å². The van der Waals surface area contributed by atoms with Crippen LogP contribution < -0.4 is 21.4 Å². The number of carbonyl (C=O) groups is 2. The molecule has 1 aliphatic rings. The van der Waals surface area contributed by atoms with Gasteiger partial charge in [0.15, 0.2) is 12.2 Å². The molecule has 2 aromatic rings. The average molecular weight is 450 g/mol. The molecule has 4 N–H and O–H groups in total. The molecular weight excluding hydrogens is 424 g/mol. The number of aryl methyl sites for hydroxylation is 1. The molecule has 0 saturated carbocycles. The Hall–Kier alpha value is -3.15. The van der Waals surface area contributed by atoms with Crippen LogP contribution in [0.25, 0.3) is 11.0 Å². The van der Waals surface area contributed by atoms with E-state index in [9.17, 15) is 19.5 Å². The zero-order valence-electron chi connectivity index (χ0n) is 18.3. The molecule has 1 unspecified atom stereocenters. The number of ether oxygens (including phenoxy) is 4. The smallest absolute Gasteiger partial charge is 0.404 e. The van der Waals surface area contributed by atoms with E-state index in [2.05, 4.69) is 5.32 Å². The number of benzene rings is 1. The maximum Gasteiger partial charge on any atom is 0.404 e. The third-order valence-corrected chi connectivity index (χ3v) is 5.18. The zero-order valence-corrected chi connectivity index (χ0v) is 18.3. The average Bonchev–Trinajstić information content (AvgIpc) is 2.68. The molecule has 3 rings (SSSR count). The first-order valence-corrected chi connectivity index (χ1v) is 9.81. The topological polar surface area (TPSA) is 160 Å². The van der Waals surface area contributed by atoms with Crippen LogP contribution in [-0.2, 0) is 19.0 Å². The second kappa shape index (κ2) is 8.77. The fourth-order valence-electron chi connectivity index (χ4n) is 3.78. The summed E-state index contributed by atoms with van der Waals surface area (Å²) >= 11 is 0. The van der Waals surface area contributed by atoms with E-state index in [1.165, 1.54) is 20.1 Å². The van der Waals surface area contributed by atoms with Crippen LogP contribution >= 0.6 is 0 Å². The Morgan fingerprint density at radius 1 is 1.28 bits per heavy atom. The number of methoxy groups -OCH3 is 1. The van der Waals surface area contributed by atoms with Crippen molar-refractivity contribution < 1.29 is 38.1 Å². The molecule has 11 heteroatoms. The molecule has 174 valence electrons. The SMILES string of the molecule is CO[C@@H]1[C@H](OC(N)=O)C(O)[C@H](Oc2ccc3cc(NC(C)=O)c(=O)oc3c2C)OC1(C)C. The summed E-state index contributed by atoms with van der Waals surface area (Å²) in [5, 5.41) is 13.7. The fraction of sp³-hybridized carbons (Fsp3) is 0.476. The van der Waals surface area contributed by atoms with Crippen LogP contribution in [0.15, 0.2) is 27.4 Å². The molecule has 2 amide bonds. The number of nitrogens with two attached hydrogens (primary N) is 1. The molecule has 0 aliphatic carbocycles. The van der Waals surface area contributed by atoms with Crippen molar-refractivity contribution in [2.24, 2.45) is 5.73 Å². The standard InChI is InChI=1S/C21H26N2O9/c1-9-13(7-6-11-8-12(23-10(2)24)18(26)30-15(9)11)29-19-14(25)16(31-20(22)27)17(28-5)21(3,4)32-19/h6-8,14,16-17,19,25H,1-5H3,(H2,22,27)(H,23,24)/t14?,16-,17-,19-/m1/s1. The van der Waals surface area contributed by atoms with Gasteiger partial charge in [0.25, 0.3) is 0 Å². The van der Waals surface area contributed by atoms with Crippen LogP contribution in [0.2, 0.25) is 0 Å². The number of hydrogen-bond acceptors (Lipinski definition) is 9. The predicted molar refractivity (Wildman–Crippen MR) is 112 cm³/mol. The normalized spacial score (nSPS) is 24.7. The number of rotatable bonds is 5. The van der Waals surface area contributed by atoms with Crippen molar-refractivity contribution in [2.45, 2.75) is 57.9 Å². The van der Waals surface area contributed by atoms with Gasteiger partial charge in [-0.15, -0.1) is 0 Å². The first kappa shape index (κ1) is 23.5. The van der Waals surface area contributed by atoms with E-state index in [4.69, 9.17) is 29.1 Å². The lowest BCUT2D eigenvalue weighted by Crippen LogP contribution is -2.65. The first-order valence-electron chi connectivity index (χ1n) is 9.81.